The van der Waals surface area contributed by atoms with Crippen molar-refractivity contribution in [2.45, 2.75) is 103 Å². The van der Waals surface area contributed by atoms with Gasteiger partial charge < -0.3 is 33.7 Å². The number of rotatable bonds is 13. The number of carbonyl (C=O) groups excluding carboxylic acids is 1. The van der Waals surface area contributed by atoms with Gasteiger partial charge in [0, 0.05) is 28.3 Å². The Morgan fingerprint density at radius 3 is 2.12 bits per heavy atom. The molecular weight excluding hydrogens is 742 g/mol. The standard InChI is InChI=1S/C47H52FNO7S/c1-32-20-21-38(24-36(32)25-39-26-37-27-49(23-22-41(37)57-39)45(50)56-46(2,3)4)47(51)44(54-30-35-18-12-7-13-19-35)43(53-29-34-16-10-6-11-17-34)42(48)40(55-47)31-52-28-33-14-8-5-9-15-33/h5-21,24,26,40,42-44,51H,22-23,25,27-31H2,1-4H3/t40-,42-,43+,44-,47?/m1/s1. The van der Waals surface area contributed by atoms with Gasteiger partial charge in [0.05, 0.1) is 33.0 Å². The van der Waals surface area contributed by atoms with Gasteiger partial charge in [0.1, 0.15) is 23.9 Å². The molecule has 8 nitrogen and oxygen atoms in total. The molecule has 1 unspecified atom stereocenters. The number of alkyl halides is 1. The smallest absolute Gasteiger partial charge is 0.410 e. The maximum Gasteiger partial charge on any atom is 0.410 e. The van der Waals surface area contributed by atoms with Crippen molar-refractivity contribution >= 4 is 17.4 Å². The van der Waals surface area contributed by atoms with Crippen molar-refractivity contribution in [1.29, 1.82) is 0 Å². The van der Waals surface area contributed by atoms with E-state index in [0.29, 0.717) is 25.1 Å². The molecule has 0 radical (unpaired) electrons. The third-order valence-electron chi connectivity index (χ3n) is 10.3. The Bertz CT molecular complexity index is 2070. The fraction of sp³-hybridized carbons (Fsp3) is 0.383. The zero-order valence-corrected chi connectivity index (χ0v) is 33.9. The van der Waals surface area contributed by atoms with Crippen molar-refractivity contribution in [3.8, 4) is 0 Å². The first-order valence-electron chi connectivity index (χ1n) is 19.6. The first-order valence-corrected chi connectivity index (χ1v) is 20.4. The molecule has 1 fully saturated rings. The fourth-order valence-corrected chi connectivity index (χ4v) is 8.53. The van der Waals surface area contributed by atoms with Crippen LogP contribution in [-0.2, 0) is 68.7 Å². The number of nitrogens with zero attached hydrogens (tertiary/aromatic N) is 1. The number of amides is 1. The molecule has 1 saturated heterocycles. The number of carbonyl (C=O) groups is 1. The number of thiophene rings is 1. The molecule has 5 aromatic rings. The molecular formula is C47H52FNO7S. The van der Waals surface area contributed by atoms with Crippen LogP contribution in [0.2, 0.25) is 0 Å². The normalized spacial score (nSPS) is 22.2. The minimum Gasteiger partial charge on any atom is -0.444 e. The van der Waals surface area contributed by atoms with Crippen molar-refractivity contribution in [2.24, 2.45) is 0 Å². The van der Waals surface area contributed by atoms with Crippen molar-refractivity contribution in [3.05, 3.63) is 164 Å². The highest BCUT2D eigenvalue weighted by atomic mass is 32.1. The van der Waals surface area contributed by atoms with Crippen molar-refractivity contribution < 1.29 is 38.0 Å². The quantitative estimate of drug-likeness (QED) is 0.127. The van der Waals surface area contributed by atoms with Gasteiger partial charge in [0.2, 0.25) is 5.79 Å². The van der Waals surface area contributed by atoms with E-state index >= 15 is 4.39 Å². The van der Waals surface area contributed by atoms with E-state index in [0.717, 1.165) is 44.7 Å². The summed E-state index contributed by atoms with van der Waals surface area (Å²) in [7, 11) is 0. The minimum absolute atomic E-state index is 0.101. The van der Waals surface area contributed by atoms with E-state index in [1.165, 1.54) is 4.88 Å². The molecule has 0 saturated carbocycles. The van der Waals surface area contributed by atoms with Crippen molar-refractivity contribution in [1.82, 2.24) is 4.90 Å². The molecule has 57 heavy (non-hydrogen) atoms. The second-order valence-electron chi connectivity index (χ2n) is 15.9. The van der Waals surface area contributed by atoms with Gasteiger partial charge >= 0.3 is 6.09 Å². The van der Waals surface area contributed by atoms with Crippen LogP contribution >= 0.6 is 11.3 Å². The highest BCUT2D eigenvalue weighted by Crippen LogP contribution is 2.42. The average Bonchev–Trinajstić information content (AvgIpc) is 3.61. The van der Waals surface area contributed by atoms with Crippen LogP contribution in [0, 0.1) is 6.92 Å². The van der Waals surface area contributed by atoms with Gasteiger partial charge in [-0.1, -0.05) is 103 Å². The van der Waals surface area contributed by atoms with Crippen molar-refractivity contribution in [3.63, 3.8) is 0 Å². The zero-order valence-electron chi connectivity index (χ0n) is 33.1. The maximum absolute atomic E-state index is 16.9. The summed E-state index contributed by atoms with van der Waals surface area (Å²) in [6, 6.07) is 36.7. The third-order valence-corrected chi connectivity index (χ3v) is 11.6. The van der Waals surface area contributed by atoms with E-state index in [9.17, 15) is 9.90 Å². The van der Waals surface area contributed by atoms with Gasteiger partial charge in [-0.05, 0) is 79.6 Å². The highest BCUT2D eigenvalue weighted by molar-refractivity contribution is 7.12. The summed E-state index contributed by atoms with van der Waals surface area (Å²) in [5.41, 5.74) is 5.68. The van der Waals surface area contributed by atoms with Gasteiger partial charge in [-0.15, -0.1) is 11.3 Å². The molecule has 1 amide bonds. The van der Waals surface area contributed by atoms with Crippen LogP contribution in [0.25, 0.3) is 0 Å². The summed E-state index contributed by atoms with van der Waals surface area (Å²) in [5, 5.41) is 12.9. The number of benzene rings is 4. The largest absolute Gasteiger partial charge is 0.444 e. The predicted molar refractivity (Wildman–Crippen MR) is 218 cm³/mol. The summed E-state index contributed by atoms with van der Waals surface area (Å²) in [4.78, 5) is 17.0. The lowest BCUT2D eigenvalue weighted by molar-refractivity contribution is -0.366. The van der Waals surface area contributed by atoms with E-state index in [-0.39, 0.29) is 32.5 Å². The summed E-state index contributed by atoms with van der Waals surface area (Å²) in [6.07, 6.45) is -4.26. The van der Waals surface area contributed by atoms with Crippen LogP contribution in [-0.4, -0.2) is 59.3 Å². The second kappa shape index (κ2) is 18.0. The third kappa shape index (κ3) is 10.2. The molecule has 0 bridgehead atoms. The van der Waals surface area contributed by atoms with Crippen LogP contribution < -0.4 is 0 Å². The molecule has 1 N–H and O–H groups in total. The van der Waals surface area contributed by atoms with Crippen LogP contribution in [0.3, 0.4) is 0 Å². The Hall–Kier alpha value is -4.42. The molecule has 0 spiro atoms. The molecule has 10 heteroatoms. The lowest BCUT2D eigenvalue weighted by atomic mass is 9.86. The molecule has 300 valence electrons. The van der Waals surface area contributed by atoms with Gasteiger partial charge in [-0.3, -0.25) is 0 Å². The molecule has 2 aliphatic heterocycles. The zero-order chi connectivity index (χ0) is 40.0. The number of aryl methyl sites for hydroxylation is 1. The molecule has 5 atom stereocenters. The molecule has 3 heterocycles. The van der Waals surface area contributed by atoms with E-state index in [2.05, 4.69) is 6.07 Å². The van der Waals surface area contributed by atoms with E-state index in [4.69, 9.17) is 23.7 Å². The Kier molecular flexibility index (Phi) is 12.9. The van der Waals surface area contributed by atoms with E-state index < -0.39 is 35.9 Å². The van der Waals surface area contributed by atoms with E-state index in [1.54, 1.807) is 16.2 Å². The Morgan fingerprint density at radius 2 is 1.49 bits per heavy atom. The molecule has 4 aromatic carbocycles. The summed E-state index contributed by atoms with van der Waals surface area (Å²) in [6.45, 7) is 9.11. The number of halogens is 1. The van der Waals surface area contributed by atoms with Crippen molar-refractivity contribution in [2.75, 3.05) is 13.2 Å². The van der Waals surface area contributed by atoms with Crippen LogP contribution in [0.1, 0.15) is 69.5 Å². The molecule has 0 aliphatic carbocycles. The monoisotopic (exact) mass is 793 g/mol. The van der Waals surface area contributed by atoms with Crippen LogP contribution in [0.5, 0.6) is 0 Å². The Morgan fingerprint density at radius 1 is 0.877 bits per heavy atom. The van der Waals surface area contributed by atoms with Crippen LogP contribution in [0.4, 0.5) is 9.18 Å². The number of ether oxygens (including phenoxy) is 5. The predicted octanol–water partition coefficient (Wildman–Crippen LogP) is 9.21. The van der Waals surface area contributed by atoms with Gasteiger partial charge in [-0.2, -0.15) is 0 Å². The SMILES string of the molecule is Cc1ccc(C2(O)O[C@H](COCc3ccccc3)[C@@H](F)[C@H](OCc3ccccc3)[C@H]2OCc2ccccc2)cc1Cc1cc2c(s1)CCN(C(=O)OC(C)(C)C)C2. The first kappa shape index (κ1) is 40.8. The number of fused-ring (bicyclic) bond motifs is 1. The maximum atomic E-state index is 16.9. The molecule has 1 aromatic heterocycles. The number of hydrogen-bond donors (Lipinski definition) is 1. The van der Waals surface area contributed by atoms with E-state index in [1.807, 2.05) is 137 Å². The molecule has 7 rings (SSSR count). The Balaban J connectivity index is 1.18. The lowest BCUT2D eigenvalue weighted by Crippen LogP contribution is -2.64. The first-order chi connectivity index (χ1) is 27.4. The van der Waals surface area contributed by atoms with Gasteiger partial charge in [0.15, 0.2) is 6.17 Å². The topological polar surface area (TPSA) is 86.7 Å². The number of hydrogen-bond acceptors (Lipinski definition) is 8. The Labute approximate surface area is 339 Å². The average molecular weight is 794 g/mol. The van der Waals surface area contributed by atoms with Gasteiger partial charge in [0.25, 0.3) is 0 Å². The number of aliphatic hydroxyl groups is 1. The highest BCUT2D eigenvalue weighted by Gasteiger charge is 2.57. The summed E-state index contributed by atoms with van der Waals surface area (Å²) in [5.74, 6) is -2.11. The van der Waals surface area contributed by atoms with Crippen LogP contribution in [0.15, 0.2) is 115 Å². The second-order valence-corrected chi connectivity index (χ2v) is 17.1. The molecule has 2 aliphatic rings. The van der Waals surface area contributed by atoms with Gasteiger partial charge in [-0.25, -0.2) is 9.18 Å². The summed E-state index contributed by atoms with van der Waals surface area (Å²) >= 11 is 1.74. The fourth-order valence-electron chi connectivity index (χ4n) is 7.34. The minimum atomic E-state index is -2.11. The lowest BCUT2D eigenvalue weighted by Gasteiger charge is -2.48. The summed E-state index contributed by atoms with van der Waals surface area (Å²) < 4.78 is 48.0.